The molecular formula is C29H42N4O6S. The summed E-state index contributed by atoms with van der Waals surface area (Å²) in [5.74, 6) is 1.03. The number of ketones is 1. The molecule has 1 aliphatic carbocycles. The molecule has 220 valence electrons. The molecule has 0 spiro atoms. The van der Waals surface area contributed by atoms with Gasteiger partial charge in [0.1, 0.15) is 16.7 Å². The predicted octanol–water partition coefficient (Wildman–Crippen LogP) is 3.36. The quantitative estimate of drug-likeness (QED) is 0.276. The van der Waals surface area contributed by atoms with Crippen molar-refractivity contribution >= 4 is 35.3 Å². The highest BCUT2D eigenvalue weighted by molar-refractivity contribution is 7.13. The van der Waals surface area contributed by atoms with Crippen molar-refractivity contribution in [1.29, 1.82) is 0 Å². The van der Waals surface area contributed by atoms with E-state index in [4.69, 9.17) is 9.47 Å². The van der Waals surface area contributed by atoms with Gasteiger partial charge in [-0.2, -0.15) is 0 Å². The Labute approximate surface area is 240 Å². The van der Waals surface area contributed by atoms with Gasteiger partial charge in [0.15, 0.2) is 5.78 Å². The number of carbonyl (C=O) groups is 4. The van der Waals surface area contributed by atoms with Gasteiger partial charge in [-0.05, 0) is 52.2 Å². The molecule has 2 aliphatic rings. The van der Waals surface area contributed by atoms with Crippen LogP contribution in [-0.2, 0) is 19.1 Å². The molecule has 4 rings (SSSR count). The Morgan fingerprint density at radius 2 is 1.77 bits per heavy atom. The summed E-state index contributed by atoms with van der Waals surface area (Å²) in [5.41, 5.74) is 1.26. The molecule has 2 fully saturated rings. The lowest BCUT2D eigenvalue weighted by atomic mass is 9.94. The van der Waals surface area contributed by atoms with Gasteiger partial charge < -0.3 is 25.4 Å². The first kappa shape index (κ1) is 32.9. The van der Waals surface area contributed by atoms with Crippen molar-refractivity contribution < 1.29 is 28.7 Å². The van der Waals surface area contributed by atoms with Crippen LogP contribution in [0.5, 0.6) is 5.75 Å². The van der Waals surface area contributed by atoms with Gasteiger partial charge in [-0.3, -0.25) is 19.2 Å². The van der Waals surface area contributed by atoms with E-state index in [0.717, 1.165) is 23.6 Å². The highest BCUT2D eigenvalue weighted by Crippen LogP contribution is 2.29. The molecule has 0 bridgehead atoms. The zero-order valence-corrected chi connectivity index (χ0v) is 24.8. The first-order valence-electron chi connectivity index (χ1n) is 13.6. The van der Waals surface area contributed by atoms with Gasteiger partial charge in [0.25, 0.3) is 5.91 Å². The van der Waals surface area contributed by atoms with E-state index >= 15 is 0 Å². The molecule has 3 amide bonds. The van der Waals surface area contributed by atoms with Crippen LogP contribution in [0.15, 0.2) is 30.5 Å². The van der Waals surface area contributed by atoms with Crippen molar-refractivity contribution in [3.63, 3.8) is 0 Å². The fourth-order valence-corrected chi connectivity index (χ4v) is 4.80. The SMILES string of the molecule is COc1ccc(C)cc1.Cc1ncc(C(=O)NC(C)C)s1.O=CNCC(=O)NC(CC1CCCC1)C(=O)C1CO1. The van der Waals surface area contributed by atoms with Crippen LogP contribution >= 0.6 is 11.3 Å². The Balaban J connectivity index is 0.000000228. The van der Waals surface area contributed by atoms with Crippen molar-refractivity contribution in [2.24, 2.45) is 5.92 Å². The van der Waals surface area contributed by atoms with Gasteiger partial charge in [-0.1, -0.05) is 43.4 Å². The molecule has 2 atom stereocenters. The molecule has 2 heterocycles. The number of carbonyl (C=O) groups excluding carboxylic acids is 4. The number of thiazole rings is 1. The van der Waals surface area contributed by atoms with Gasteiger partial charge in [-0.15, -0.1) is 11.3 Å². The summed E-state index contributed by atoms with van der Waals surface area (Å²) in [6, 6.07) is 7.67. The van der Waals surface area contributed by atoms with E-state index in [0.29, 0.717) is 30.2 Å². The van der Waals surface area contributed by atoms with Crippen LogP contribution in [0.25, 0.3) is 0 Å². The zero-order valence-electron chi connectivity index (χ0n) is 24.0. The fourth-order valence-electron chi connectivity index (χ4n) is 4.12. The maximum Gasteiger partial charge on any atom is 0.263 e. The summed E-state index contributed by atoms with van der Waals surface area (Å²) in [6.07, 6.45) is 7.07. The molecule has 1 aromatic carbocycles. The van der Waals surface area contributed by atoms with Gasteiger partial charge in [0.05, 0.1) is 37.5 Å². The Kier molecular flexibility index (Phi) is 14.3. The predicted molar refractivity (Wildman–Crippen MR) is 155 cm³/mol. The molecular weight excluding hydrogens is 532 g/mol. The number of nitrogens with one attached hydrogen (secondary N) is 3. The minimum absolute atomic E-state index is 0.0319. The molecule has 11 heteroatoms. The number of hydrogen-bond acceptors (Lipinski definition) is 8. The molecule has 2 aromatic rings. The summed E-state index contributed by atoms with van der Waals surface area (Å²) in [5, 5.41) is 8.73. The highest BCUT2D eigenvalue weighted by atomic mass is 32.1. The normalized spacial score (nSPS) is 16.4. The number of aryl methyl sites for hydroxylation is 2. The number of hydrogen-bond donors (Lipinski definition) is 3. The summed E-state index contributed by atoms with van der Waals surface area (Å²) >= 11 is 1.41. The summed E-state index contributed by atoms with van der Waals surface area (Å²) < 4.78 is 9.97. The number of amides is 3. The van der Waals surface area contributed by atoms with Crippen molar-refractivity contribution in [2.75, 3.05) is 20.3 Å². The average molecular weight is 575 g/mol. The van der Waals surface area contributed by atoms with Crippen LogP contribution in [-0.4, -0.2) is 67.4 Å². The Bertz CT molecular complexity index is 1080. The number of aromatic nitrogens is 1. The lowest BCUT2D eigenvalue weighted by Gasteiger charge is -2.20. The Hall–Kier alpha value is -3.31. The van der Waals surface area contributed by atoms with Crippen LogP contribution in [0.3, 0.4) is 0 Å². The first-order valence-corrected chi connectivity index (χ1v) is 14.4. The largest absolute Gasteiger partial charge is 0.497 e. The Morgan fingerprint density at radius 3 is 2.27 bits per heavy atom. The molecule has 1 saturated carbocycles. The monoisotopic (exact) mass is 574 g/mol. The number of methoxy groups -OCH3 is 1. The van der Waals surface area contributed by atoms with E-state index in [1.807, 2.05) is 45.0 Å². The molecule has 1 aromatic heterocycles. The maximum absolute atomic E-state index is 12.1. The molecule has 0 radical (unpaired) electrons. The number of Topliss-reactive ketones (excluding diaryl/α,β-unsaturated/α-hetero) is 1. The summed E-state index contributed by atoms with van der Waals surface area (Å²) in [7, 11) is 1.67. The zero-order chi connectivity index (χ0) is 29.5. The second kappa shape index (κ2) is 17.4. The van der Waals surface area contributed by atoms with Crippen LogP contribution < -0.4 is 20.7 Å². The number of benzene rings is 1. The van der Waals surface area contributed by atoms with Gasteiger partial charge in [0.2, 0.25) is 12.3 Å². The second-order valence-corrected chi connectivity index (χ2v) is 11.4. The molecule has 2 unspecified atom stereocenters. The number of rotatable bonds is 11. The van der Waals surface area contributed by atoms with E-state index in [-0.39, 0.29) is 36.3 Å². The minimum Gasteiger partial charge on any atom is -0.497 e. The van der Waals surface area contributed by atoms with E-state index in [1.54, 1.807) is 13.3 Å². The summed E-state index contributed by atoms with van der Waals surface area (Å²) in [4.78, 5) is 49.8. The molecule has 40 heavy (non-hydrogen) atoms. The number of nitrogens with zero attached hydrogens (tertiary/aromatic N) is 1. The third-order valence-electron chi connectivity index (χ3n) is 6.24. The van der Waals surface area contributed by atoms with Gasteiger partial charge in [-0.25, -0.2) is 4.98 Å². The van der Waals surface area contributed by atoms with Crippen molar-refractivity contribution in [1.82, 2.24) is 20.9 Å². The van der Waals surface area contributed by atoms with Crippen molar-refractivity contribution in [3.8, 4) is 5.75 Å². The lowest BCUT2D eigenvalue weighted by molar-refractivity contribution is -0.128. The second-order valence-electron chi connectivity index (χ2n) is 10.1. The first-order chi connectivity index (χ1) is 19.1. The van der Waals surface area contributed by atoms with E-state index in [9.17, 15) is 19.2 Å². The lowest BCUT2D eigenvalue weighted by Crippen LogP contribution is -2.46. The van der Waals surface area contributed by atoms with Crippen molar-refractivity contribution in [3.05, 3.63) is 45.9 Å². The number of ether oxygens (including phenoxy) is 2. The van der Waals surface area contributed by atoms with Crippen molar-refractivity contribution in [2.45, 2.75) is 78.0 Å². The van der Waals surface area contributed by atoms with Crippen LogP contribution in [0.2, 0.25) is 0 Å². The van der Waals surface area contributed by atoms with Gasteiger partial charge >= 0.3 is 0 Å². The highest BCUT2D eigenvalue weighted by Gasteiger charge is 2.38. The smallest absolute Gasteiger partial charge is 0.263 e. The number of epoxide rings is 1. The maximum atomic E-state index is 12.1. The van der Waals surface area contributed by atoms with E-state index < -0.39 is 6.04 Å². The van der Waals surface area contributed by atoms with Gasteiger partial charge in [0, 0.05) is 6.04 Å². The van der Waals surface area contributed by atoms with E-state index in [2.05, 4.69) is 27.9 Å². The van der Waals surface area contributed by atoms with E-state index in [1.165, 1.54) is 29.7 Å². The molecule has 1 saturated heterocycles. The van der Waals surface area contributed by atoms with Crippen LogP contribution in [0.4, 0.5) is 0 Å². The minimum atomic E-state index is -0.475. The summed E-state index contributed by atoms with van der Waals surface area (Å²) in [6.45, 7) is 8.18. The third-order valence-corrected chi connectivity index (χ3v) is 7.15. The van der Waals surface area contributed by atoms with Crippen LogP contribution in [0.1, 0.15) is 66.2 Å². The molecule has 1 aliphatic heterocycles. The molecule has 3 N–H and O–H groups in total. The fraction of sp³-hybridized carbons (Fsp3) is 0.552. The third kappa shape index (κ3) is 12.7. The van der Waals surface area contributed by atoms with Crippen LogP contribution in [0, 0.1) is 19.8 Å². The average Bonchev–Trinajstić information content (AvgIpc) is 3.47. The Morgan fingerprint density at radius 1 is 1.12 bits per heavy atom. The molecule has 10 nitrogen and oxygen atoms in total. The topological polar surface area (TPSA) is 139 Å². The standard InChI is InChI=1S/C13H20N2O4.C8H12N2OS.C8H10O/c16-8-14-6-12(17)15-10(13(18)11-7-19-11)5-9-3-1-2-4-9;1-5(2)10-8(11)7-4-9-6(3)12-7;1-7-3-5-8(9-2)6-4-7/h8-11H,1-7H2,(H,14,16)(H,15,17);4-5H,1-3H3,(H,10,11);3-6H,1-2H3.